The molecule has 2 aliphatic rings. The lowest BCUT2D eigenvalue weighted by molar-refractivity contribution is -0.145. The monoisotopic (exact) mass is 282 g/mol. The molecule has 0 aromatic heterocycles. The Labute approximate surface area is 123 Å². The number of nitrogens with zero attached hydrogens (tertiary/aromatic N) is 1. The molecule has 0 aromatic carbocycles. The normalized spacial score (nSPS) is 21.2. The van der Waals surface area contributed by atoms with Gasteiger partial charge >= 0.3 is 0 Å². The van der Waals surface area contributed by atoms with Gasteiger partial charge < -0.3 is 15.4 Å². The van der Waals surface area contributed by atoms with Crippen LogP contribution in [-0.2, 0) is 9.53 Å². The van der Waals surface area contributed by atoms with Crippen LogP contribution in [0.1, 0.15) is 52.4 Å². The van der Waals surface area contributed by atoms with Gasteiger partial charge in [-0.3, -0.25) is 4.79 Å². The lowest BCUT2D eigenvalue weighted by atomic mass is 9.80. The zero-order valence-corrected chi connectivity index (χ0v) is 13.1. The minimum atomic E-state index is -0.346. The lowest BCUT2D eigenvalue weighted by Gasteiger charge is -2.39. The van der Waals surface area contributed by atoms with Crippen molar-refractivity contribution in [2.24, 2.45) is 17.1 Å². The minimum absolute atomic E-state index is 0.255. The predicted molar refractivity (Wildman–Crippen MR) is 80.3 cm³/mol. The molecule has 0 bridgehead atoms. The molecule has 0 atom stereocenters. The van der Waals surface area contributed by atoms with E-state index in [9.17, 15) is 4.79 Å². The Kier molecular flexibility index (Phi) is 5.44. The van der Waals surface area contributed by atoms with Crippen molar-refractivity contribution >= 4 is 5.91 Å². The van der Waals surface area contributed by atoms with Gasteiger partial charge in [-0.2, -0.15) is 0 Å². The van der Waals surface area contributed by atoms with Crippen molar-refractivity contribution in [1.29, 1.82) is 0 Å². The summed E-state index contributed by atoms with van der Waals surface area (Å²) in [7, 11) is 0. The summed E-state index contributed by atoms with van der Waals surface area (Å²) in [5.74, 6) is 1.07. The van der Waals surface area contributed by atoms with E-state index in [1.165, 1.54) is 12.8 Å². The van der Waals surface area contributed by atoms with Gasteiger partial charge in [0.1, 0.15) is 0 Å². The molecule has 0 spiro atoms. The van der Waals surface area contributed by atoms with E-state index in [2.05, 4.69) is 13.8 Å². The third-order valence-corrected chi connectivity index (χ3v) is 5.19. The molecule has 0 aromatic rings. The van der Waals surface area contributed by atoms with Crippen LogP contribution in [0.5, 0.6) is 0 Å². The first-order valence-electron chi connectivity index (χ1n) is 8.26. The summed E-state index contributed by atoms with van der Waals surface area (Å²) in [6, 6.07) is 0. The molecule has 20 heavy (non-hydrogen) atoms. The number of rotatable bonds is 7. The fraction of sp³-hybridized carbons (Fsp3) is 0.938. The number of piperidine rings is 1. The van der Waals surface area contributed by atoms with Gasteiger partial charge in [-0.05, 0) is 44.4 Å². The van der Waals surface area contributed by atoms with E-state index in [0.29, 0.717) is 12.6 Å². The van der Waals surface area contributed by atoms with Crippen LogP contribution in [0.25, 0.3) is 0 Å². The van der Waals surface area contributed by atoms with Crippen LogP contribution < -0.4 is 5.73 Å². The van der Waals surface area contributed by atoms with Crippen molar-refractivity contribution in [3.8, 4) is 0 Å². The highest BCUT2D eigenvalue weighted by molar-refractivity contribution is 5.83. The van der Waals surface area contributed by atoms with Gasteiger partial charge in [-0.1, -0.05) is 13.8 Å². The summed E-state index contributed by atoms with van der Waals surface area (Å²) in [5, 5.41) is 0. The van der Waals surface area contributed by atoms with Crippen LogP contribution >= 0.6 is 0 Å². The van der Waals surface area contributed by atoms with E-state index in [4.69, 9.17) is 10.5 Å². The van der Waals surface area contributed by atoms with Crippen LogP contribution in [0.4, 0.5) is 0 Å². The molecule has 1 heterocycles. The van der Waals surface area contributed by atoms with Gasteiger partial charge in [-0.15, -0.1) is 0 Å². The fourth-order valence-corrected chi connectivity index (χ4v) is 3.05. The fourth-order valence-electron chi connectivity index (χ4n) is 3.05. The first-order chi connectivity index (χ1) is 9.65. The molecule has 0 radical (unpaired) electrons. The molecular weight excluding hydrogens is 252 g/mol. The van der Waals surface area contributed by atoms with Crippen molar-refractivity contribution in [1.82, 2.24) is 4.90 Å². The Morgan fingerprint density at radius 2 is 1.80 bits per heavy atom. The van der Waals surface area contributed by atoms with E-state index < -0.39 is 0 Å². The van der Waals surface area contributed by atoms with Gasteiger partial charge in [0, 0.05) is 26.2 Å². The number of carbonyl (C=O) groups is 1. The quantitative estimate of drug-likeness (QED) is 0.778. The van der Waals surface area contributed by atoms with Crippen LogP contribution in [0.3, 0.4) is 0 Å². The molecule has 1 aliphatic heterocycles. The zero-order chi connectivity index (χ0) is 14.6. The van der Waals surface area contributed by atoms with Gasteiger partial charge in [0.2, 0.25) is 5.91 Å². The molecule has 2 fully saturated rings. The smallest absolute Gasteiger partial charge is 0.230 e. The summed E-state index contributed by atoms with van der Waals surface area (Å²) >= 11 is 0. The van der Waals surface area contributed by atoms with Gasteiger partial charge in [-0.25, -0.2) is 0 Å². The summed E-state index contributed by atoms with van der Waals surface area (Å²) in [6.07, 6.45) is 6.65. The number of hydrogen-bond donors (Lipinski definition) is 1. The maximum atomic E-state index is 12.7. The number of hydrogen-bond acceptors (Lipinski definition) is 3. The predicted octanol–water partition coefficient (Wildman–Crippen LogP) is 2.17. The lowest BCUT2D eigenvalue weighted by Crippen LogP contribution is -2.51. The van der Waals surface area contributed by atoms with E-state index in [1.807, 2.05) is 4.90 Å². The molecule has 2 rings (SSSR count). The molecule has 4 nitrogen and oxygen atoms in total. The van der Waals surface area contributed by atoms with Crippen molar-refractivity contribution < 1.29 is 9.53 Å². The van der Waals surface area contributed by atoms with Crippen molar-refractivity contribution in [2.75, 3.05) is 26.2 Å². The average Bonchev–Trinajstić information content (AvgIpc) is 3.32. The third kappa shape index (κ3) is 3.53. The number of amides is 1. The standard InChI is InChI=1S/C16H30N2O2/c1-3-16(4-2,12-17)15(19)18-9-7-14(8-10-18)20-11-13-5-6-13/h13-14H,3-12,17H2,1-2H3. The molecule has 0 unspecified atom stereocenters. The number of ether oxygens (including phenoxy) is 1. The molecule has 1 aliphatic carbocycles. The van der Waals surface area contributed by atoms with Gasteiger partial charge in [0.15, 0.2) is 0 Å². The van der Waals surface area contributed by atoms with Crippen LogP contribution in [0.15, 0.2) is 0 Å². The Morgan fingerprint density at radius 3 is 2.25 bits per heavy atom. The molecule has 1 saturated heterocycles. The van der Waals surface area contributed by atoms with Crippen LogP contribution in [0.2, 0.25) is 0 Å². The summed E-state index contributed by atoms with van der Waals surface area (Å²) in [6.45, 7) is 7.18. The van der Waals surface area contributed by atoms with E-state index in [0.717, 1.165) is 51.3 Å². The van der Waals surface area contributed by atoms with E-state index >= 15 is 0 Å². The second-order valence-electron chi connectivity index (χ2n) is 6.46. The molecule has 1 amide bonds. The van der Waals surface area contributed by atoms with Crippen LogP contribution in [0, 0.1) is 11.3 Å². The number of nitrogens with two attached hydrogens (primary N) is 1. The summed E-state index contributed by atoms with van der Waals surface area (Å²) in [4.78, 5) is 14.7. The maximum absolute atomic E-state index is 12.7. The highest BCUT2D eigenvalue weighted by Crippen LogP contribution is 2.31. The third-order valence-electron chi connectivity index (χ3n) is 5.19. The largest absolute Gasteiger partial charge is 0.378 e. The number of carbonyl (C=O) groups excluding carboxylic acids is 1. The zero-order valence-electron chi connectivity index (χ0n) is 13.1. The van der Waals surface area contributed by atoms with E-state index in [-0.39, 0.29) is 11.3 Å². The maximum Gasteiger partial charge on any atom is 0.230 e. The van der Waals surface area contributed by atoms with Gasteiger partial charge in [0.05, 0.1) is 11.5 Å². The molecule has 1 saturated carbocycles. The van der Waals surface area contributed by atoms with Crippen molar-refractivity contribution in [3.05, 3.63) is 0 Å². The second kappa shape index (κ2) is 6.90. The molecule has 2 N–H and O–H groups in total. The van der Waals surface area contributed by atoms with E-state index in [1.54, 1.807) is 0 Å². The highest BCUT2D eigenvalue weighted by Gasteiger charge is 2.38. The summed E-state index contributed by atoms with van der Waals surface area (Å²) < 4.78 is 5.94. The Morgan fingerprint density at radius 1 is 1.20 bits per heavy atom. The Bertz CT molecular complexity index is 308. The first kappa shape index (κ1) is 15.8. The molecule has 4 heteroatoms. The number of likely N-dealkylation sites (tertiary alicyclic amines) is 1. The topological polar surface area (TPSA) is 55.6 Å². The van der Waals surface area contributed by atoms with Gasteiger partial charge in [0.25, 0.3) is 0 Å². The SMILES string of the molecule is CCC(CC)(CN)C(=O)N1CCC(OCC2CC2)CC1. The molecule has 116 valence electrons. The highest BCUT2D eigenvalue weighted by atomic mass is 16.5. The molecular formula is C16H30N2O2. The Balaban J connectivity index is 1.80. The van der Waals surface area contributed by atoms with Crippen LogP contribution in [-0.4, -0.2) is 43.2 Å². The Hall–Kier alpha value is -0.610. The van der Waals surface area contributed by atoms with Crippen molar-refractivity contribution in [3.63, 3.8) is 0 Å². The summed E-state index contributed by atoms with van der Waals surface area (Å²) in [5.41, 5.74) is 5.53. The second-order valence-corrected chi connectivity index (χ2v) is 6.46. The minimum Gasteiger partial charge on any atom is -0.378 e. The van der Waals surface area contributed by atoms with Crippen molar-refractivity contribution in [2.45, 2.75) is 58.5 Å². The first-order valence-corrected chi connectivity index (χ1v) is 8.26. The average molecular weight is 282 g/mol.